The van der Waals surface area contributed by atoms with E-state index in [-0.39, 0.29) is 62.9 Å². The minimum Gasteiger partial charge on any atom is -0.504 e. The Kier molecular flexibility index (Phi) is 15.9. The summed E-state index contributed by atoms with van der Waals surface area (Å²) in [6, 6.07) is 7.16. The van der Waals surface area contributed by atoms with Gasteiger partial charge in [-0.2, -0.15) is 20.2 Å². The molecule has 26 heteroatoms. The average Bonchev–Trinajstić information content (AvgIpc) is 3.65. The molecule has 63 heavy (non-hydrogen) atoms. The number of β-lactam (4-membered cyclic amide) rings is 1. The number of phenols is 2. The van der Waals surface area contributed by atoms with Gasteiger partial charge in [0.2, 0.25) is 12.0 Å². The van der Waals surface area contributed by atoms with Gasteiger partial charge in [0.1, 0.15) is 22.8 Å². The monoisotopic (exact) mass is 976 g/mol. The SMILES string of the molecule is Cc1ccc(S(=O)(=O)O)cc1.Nc1nc(/C(=N/OC(C(=O)O)C2CCC(F)(F)CC2)C(=O)N[C@@H]2C(=O)N3C(C(=O)O)=C(CSCCNC(=O)c4ccc(O)c(O)c4Cl)CS[C@H]23)cs1. The van der Waals surface area contributed by atoms with Crippen LogP contribution in [0, 0.1) is 12.8 Å². The predicted molar refractivity (Wildman–Crippen MR) is 228 cm³/mol. The molecule has 2 aromatic carbocycles. The summed E-state index contributed by atoms with van der Waals surface area (Å²) >= 11 is 9.36. The number of aromatic nitrogens is 1. The van der Waals surface area contributed by atoms with Crippen LogP contribution in [0.15, 0.2) is 63.1 Å². The van der Waals surface area contributed by atoms with Gasteiger partial charge in [-0.25, -0.2) is 23.4 Å². The number of halogens is 3. The number of nitrogens with zero attached hydrogens (tertiary/aromatic N) is 3. The molecule has 0 radical (unpaired) electrons. The molecule has 1 aromatic heterocycles. The number of benzene rings is 2. The lowest BCUT2D eigenvalue weighted by Crippen LogP contribution is -2.71. The number of rotatable bonds is 15. The van der Waals surface area contributed by atoms with Gasteiger partial charge in [-0.05, 0) is 49.6 Å². The van der Waals surface area contributed by atoms with Gasteiger partial charge >= 0.3 is 11.9 Å². The molecule has 3 aliphatic rings. The summed E-state index contributed by atoms with van der Waals surface area (Å²) in [4.78, 5) is 73.7. The van der Waals surface area contributed by atoms with Gasteiger partial charge in [-0.1, -0.05) is 34.5 Å². The maximum absolute atomic E-state index is 13.7. The van der Waals surface area contributed by atoms with Crippen LogP contribution in [0.4, 0.5) is 13.9 Å². The molecule has 3 amide bonds. The number of fused-ring (bicyclic) bond motifs is 1. The van der Waals surface area contributed by atoms with Gasteiger partial charge in [-0.15, -0.1) is 23.1 Å². The lowest BCUT2D eigenvalue weighted by Gasteiger charge is -2.49. The second-order valence-electron chi connectivity index (χ2n) is 14.1. The molecule has 3 atom stereocenters. The van der Waals surface area contributed by atoms with Crippen molar-refractivity contribution >= 4 is 97.1 Å². The highest BCUT2D eigenvalue weighted by Gasteiger charge is 2.54. The van der Waals surface area contributed by atoms with Crippen molar-refractivity contribution in [1.29, 1.82) is 0 Å². The zero-order chi connectivity index (χ0) is 46.4. The Morgan fingerprint density at radius 2 is 1.79 bits per heavy atom. The minimum absolute atomic E-state index is 0.0413. The molecule has 1 aliphatic carbocycles. The van der Waals surface area contributed by atoms with Crippen molar-refractivity contribution in [1.82, 2.24) is 20.5 Å². The van der Waals surface area contributed by atoms with Crippen molar-refractivity contribution in [2.75, 3.05) is 29.5 Å². The first-order valence-corrected chi connectivity index (χ1v) is 23.4. The third-order valence-corrected chi connectivity index (χ3v) is 14.0. The number of nitrogens with two attached hydrogens (primary N) is 1. The number of nitrogens with one attached hydrogen (secondary N) is 2. The highest BCUT2D eigenvalue weighted by atomic mass is 35.5. The maximum atomic E-state index is 13.7. The first-order chi connectivity index (χ1) is 29.6. The van der Waals surface area contributed by atoms with Gasteiger partial charge in [0.15, 0.2) is 22.3 Å². The largest absolute Gasteiger partial charge is 0.504 e. The molecule has 0 spiro atoms. The van der Waals surface area contributed by atoms with Crippen LogP contribution in [0.5, 0.6) is 11.5 Å². The van der Waals surface area contributed by atoms with E-state index in [9.17, 15) is 61.6 Å². The van der Waals surface area contributed by atoms with E-state index >= 15 is 0 Å². The number of hydrogen-bond donors (Lipinski definition) is 8. The van der Waals surface area contributed by atoms with Crippen LogP contribution in [-0.4, -0.2) is 126 Å². The molecule has 6 rings (SSSR count). The molecule has 340 valence electrons. The number of thiazole rings is 1. The Hall–Kier alpha value is -5.21. The number of aliphatic carboxylic acids is 2. The van der Waals surface area contributed by atoms with E-state index in [0.717, 1.165) is 27.9 Å². The number of anilines is 1. The molecule has 2 fully saturated rings. The first-order valence-electron chi connectivity index (χ1n) is 18.5. The quantitative estimate of drug-likeness (QED) is 0.0267. The van der Waals surface area contributed by atoms with Gasteiger partial charge in [0.05, 0.1) is 15.5 Å². The molecule has 19 nitrogen and oxygen atoms in total. The Morgan fingerprint density at radius 3 is 2.38 bits per heavy atom. The molecular formula is C37H39ClF2N6O13S4. The van der Waals surface area contributed by atoms with Crippen molar-refractivity contribution in [2.24, 2.45) is 11.1 Å². The maximum Gasteiger partial charge on any atom is 0.352 e. The molecule has 1 saturated carbocycles. The second-order valence-corrected chi connectivity index (χ2v) is 19.0. The normalized spacial score (nSPS) is 19.2. The van der Waals surface area contributed by atoms with E-state index in [1.54, 1.807) is 12.1 Å². The zero-order valence-corrected chi connectivity index (χ0v) is 36.7. The lowest BCUT2D eigenvalue weighted by molar-refractivity contribution is -0.158. The number of nitrogen functional groups attached to an aromatic ring is 1. The zero-order valence-electron chi connectivity index (χ0n) is 32.7. The van der Waals surface area contributed by atoms with Crippen LogP contribution in [0.2, 0.25) is 5.02 Å². The van der Waals surface area contributed by atoms with Crippen LogP contribution < -0.4 is 16.4 Å². The Morgan fingerprint density at radius 1 is 1.13 bits per heavy atom. The van der Waals surface area contributed by atoms with E-state index in [0.29, 0.717) is 11.3 Å². The molecule has 1 unspecified atom stereocenters. The Bertz CT molecular complexity index is 2430. The highest BCUT2D eigenvalue weighted by Crippen LogP contribution is 2.42. The predicted octanol–water partition coefficient (Wildman–Crippen LogP) is 3.93. The number of phenolic OH excluding ortho intramolecular Hbond substituents is 2. The topological polar surface area (TPSA) is 308 Å². The second kappa shape index (κ2) is 20.5. The number of carbonyl (C=O) groups excluding carboxylic acids is 3. The summed E-state index contributed by atoms with van der Waals surface area (Å²) in [5.74, 6) is -9.24. The van der Waals surface area contributed by atoms with Crippen molar-refractivity contribution in [3.63, 3.8) is 0 Å². The number of carboxylic acids is 2. The summed E-state index contributed by atoms with van der Waals surface area (Å²) < 4.78 is 56.9. The molecule has 9 N–H and O–H groups in total. The number of carboxylic acid groups (broad SMARTS) is 2. The molecule has 0 bridgehead atoms. The number of aromatic hydroxyl groups is 2. The molecular weight excluding hydrogens is 938 g/mol. The lowest BCUT2D eigenvalue weighted by atomic mass is 9.83. The Balaban J connectivity index is 0.000000592. The minimum atomic E-state index is -4.02. The molecule has 1 saturated heterocycles. The fourth-order valence-corrected chi connectivity index (χ4v) is 10.0. The molecule has 3 aromatic rings. The first kappa shape index (κ1) is 48.8. The standard InChI is InChI=1S/C30H31ClF2N6O10S3.C7H8O3S/c31-17-14(1-2-16(40)21(17)41)23(42)35-7-8-50-9-13-10-51-26-19(25(44)39(26)20(13)27(45)46)37-24(43)18(15-11-52-29(34)36-15)38-49-22(28(47)48)12-3-5-30(32,33)6-4-12;1-6-2-4-7(5-3-6)11(8,9)10/h1-2,11-12,19,22,26,40-41H,3-10H2,(H2,34,36)(H,35,42)(H,37,43)(H,45,46)(H,47,48);2-5H,1H3,(H,8,9,10)/b38-18-;/t19-,22?,26-;/m1./s1. The van der Waals surface area contributed by atoms with Crippen molar-refractivity contribution in [3.05, 3.63) is 74.9 Å². The number of carbonyl (C=O) groups is 5. The van der Waals surface area contributed by atoms with Gasteiger partial charge in [0.25, 0.3) is 27.8 Å². The van der Waals surface area contributed by atoms with Crippen LogP contribution in [0.25, 0.3) is 0 Å². The van der Waals surface area contributed by atoms with E-state index in [4.69, 9.17) is 26.7 Å². The Labute approximate surface area is 374 Å². The van der Waals surface area contributed by atoms with Gasteiger partial charge in [0, 0.05) is 47.9 Å². The fraction of sp³-hybridized carbons (Fsp3) is 0.378. The number of amides is 3. The van der Waals surface area contributed by atoms with E-state index in [1.807, 2.05) is 6.92 Å². The third-order valence-electron chi connectivity index (χ3n) is 9.67. The number of alkyl halides is 2. The smallest absolute Gasteiger partial charge is 0.352 e. The van der Waals surface area contributed by atoms with Crippen LogP contribution in [-0.2, 0) is 34.1 Å². The van der Waals surface area contributed by atoms with Crippen molar-refractivity contribution in [2.45, 2.75) is 60.9 Å². The summed E-state index contributed by atoms with van der Waals surface area (Å²) in [5, 5.41) is 48.2. The van der Waals surface area contributed by atoms with Crippen LogP contribution in [0.1, 0.15) is 47.3 Å². The average molecular weight is 977 g/mol. The number of hydrogen-bond acceptors (Lipinski definition) is 16. The van der Waals surface area contributed by atoms with Crippen molar-refractivity contribution < 1.29 is 71.0 Å². The number of aryl methyl sites for hydroxylation is 1. The molecule has 3 heterocycles. The van der Waals surface area contributed by atoms with Crippen molar-refractivity contribution in [3.8, 4) is 11.5 Å². The van der Waals surface area contributed by atoms with Gasteiger partial charge in [-0.3, -0.25) is 23.8 Å². The number of thioether (sulfide) groups is 2. The van der Waals surface area contributed by atoms with Crippen LogP contribution >= 0.6 is 46.5 Å². The van der Waals surface area contributed by atoms with E-state index in [2.05, 4.69) is 20.8 Å². The summed E-state index contributed by atoms with van der Waals surface area (Å²) in [7, 11) is -4.02. The molecule has 2 aliphatic heterocycles. The van der Waals surface area contributed by atoms with Gasteiger partial charge < -0.3 is 41.6 Å². The van der Waals surface area contributed by atoms with E-state index in [1.165, 1.54) is 47.1 Å². The summed E-state index contributed by atoms with van der Waals surface area (Å²) in [6.45, 7) is 1.99. The summed E-state index contributed by atoms with van der Waals surface area (Å²) in [6.07, 6.45) is -2.99. The number of oxime groups is 1. The van der Waals surface area contributed by atoms with Crippen LogP contribution in [0.3, 0.4) is 0 Å². The summed E-state index contributed by atoms with van der Waals surface area (Å²) in [5.41, 5.74) is 6.21. The highest BCUT2D eigenvalue weighted by molar-refractivity contribution is 8.01. The van der Waals surface area contributed by atoms with E-state index < -0.39 is 99.2 Å². The third kappa shape index (κ3) is 12.1. The fourth-order valence-electron chi connectivity index (χ4n) is 6.38.